The van der Waals surface area contributed by atoms with E-state index in [1.54, 1.807) is 23.3 Å². The molecular formula is C21H18N6O. The van der Waals surface area contributed by atoms with Crippen LogP contribution in [0.3, 0.4) is 0 Å². The third-order valence-corrected chi connectivity index (χ3v) is 4.72. The number of aromatic nitrogens is 5. The van der Waals surface area contributed by atoms with Crippen LogP contribution in [-0.4, -0.2) is 31.8 Å². The number of para-hydroxylation sites is 1. The lowest BCUT2D eigenvalue weighted by Crippen LogP contribution is -2.18. The smallest absolute Gasteiger partial charge is 0.165 e. The predicted molar refractivity (Wildman–Crippen MR) is 108 cm³/mol. The molecule has 0 saturated carbocycles. The van der Waals surface area contributed by atoms with Gasteiger partial charge in [0.25, 0.3) is 0 Å². The van der Waals surface area contributed by atoms with Crippen molar-refractivity contribution in [1.82, 2.24) is 24.7 Å². The first-order valence-electron chi connectivity index (χ1n) is 8.98. The molecule has 5 aromatic rings. The lowest BCUT2D eigenvalue weighted by Gasteiger charge is -2.18. The summed E-state index contributed by atoms with van der Waals surface area (Å²) in [6.45, 7) is 0.585. The third kappa shape index (κ3) is 2.77. The standard InChI is InChI=1S/C21H18N6O/c1-26(13-16-10-14-6-3-4-8-18(14)28-16)20-17-12-23-27(2)21(17)25-19(24-20)15-7-5-9-22-11-15/h3-12H,13H2,1-2H3. The van der Waals surface area contributed by atoms with Gasteiger partial charge in [-0.2, -0.15) is 5.10 Å². The van der Waals surface area contributed by atoms with Gasteiger partial charge in [-0.15, -0.1) is 0 Å². The second-order valence-electron chi connectivity index (χ2n) is 6.72. The molecular weight excluding hydrogens is 352 g/mol. The van der Waals surface area contributed by atoms with E-state index in [0.717, 1.165) is 39.1 Å². The second-order valence-corrected chi connectivity index (χ2v) is 6.72. The summed E-state index contributed by atoms with van der Waals surface area (Å²) in [7, 11) is 3.88. The van der Waals surface area contributed by atoms with Crippen molar-refractivity contribution >= 4 is 27.8 Å². The van der Waals surface area contributed by atoms with Gasteiger partial charge in [0.15, 0.2) is 11.5 Å². The highest BCUT2D eigenvalue weighted by atomic mass is 16.3. The van der Waals surface area contributed by atoms with Crippen LogP contribution in [0.5, 0.6) is 0 Å². The zero-order valence-electron chi connectivity index (χ0n) is 15.6. The van der Waals surface area contributed by atoms with Crippen molar-refractivity contribution in [1.29, 1.82) is 0 Å². The SMILES string of the molecule is CN(Cc1cc2ccccc2o1)c1nc(-c2cccnc2)nc2c1cnn2C. The van der Waals surface area contributed by atoms with E-state index in [9.17, 15) is 0 Å². The molecule has 5 rings (SSSR count). The first kappa shape index (κ1) is 16.4. The molecule has 138 valence electrons. The Morgan fingerprint density at radius 3 is 2.79 bits per heavy atom. The average Bonchev–Trinajstić information content (AvgIpc) is 3.31. The highest BCUT2D eigenvalue weighted by Crippen LogP contribution is 2.28. The van der Waals surface area contributed by atoms with Crippen molar-refractivity contribution in [3.63, 3.8) is 0 Å². The Morgan fingerprint density at radius 2 is 1.96 bits per heavy atom. The molecule has 0 aliphatic heterocycles. The van der Waals surface area contributed by atoms with E-state index in [2.05, 4.69) is 26.0 Å². The number of anilines is 1. The van der Waals surface area contributed by atoms with Gasteiger partial charge in [-0.1, -0.05) is 18.2 Å². The van der Waals surface area contributed by atoms with Crippen LogP contribution >= 0.6 is 0 Å². The van der Waals surface area contributed by atoms with Gasteiger partial charge in [0.1, 0.15) is 17.2 Å². The summed E-state index contributed by atoms with van der Waals surface area (Å²) in [5.41, 5.74) is 2.53. The molecule has 7 nitrogen and oxygen atoms in total. The van der Waals surface area contributed by atoms with Crippen molar-refractivity contribution in [2.75, 3.05) is 11.9 Å². The van der Waals surface area contributed by atoms with Crippen molar-refractivity contribution in [3.05, 3.63) is 66.8 Å². The lowest BCUT2D eigenvalue weighted by molar-refractivity contribution is 0.545. The number of furan rings is 1. The lowest BCUT2D eigenvalue weighted by atomic mass is 10.2. The van der Waals surface area contributed by atoms with Gasteiger partial charge >= 0.3 is 0 Å². The summed E-state index contributed by atoms with van der Waals surface area (Å²) < 4.78 is 7.74. The van der Waals surface area contributed by atoms with Gasteiger partial charge in [0.05, 0.1) is 18.1 Å². The van der Waals surface area contributed by atoms with Crippen LogP contribution in [0, 0.1) is 0 Å². The fraction of sp³-hybridized carbons (Fsp3) is 0.143. The highest BCUT2D eigenvalue weighted by Gasteiger charge is 2.17. The normalized spacial score (nSPS) is 11.4. The van der Waals surface area contributed by atoms with Gasteiger partial charge in [-0.25, -0.2) is 9.97 Å². The predicted octanol–water partition coefficient (Wildman–Crippen LogP) is 3.81. The van der Waals surface area contributed by atoms with E-state index in [-0.39, 0.29) is 0 Å². The van der Waals surface area contributed by atoms with Crippen molar-refractivity contribution < 1.29 is 4.42 Å². The van der Waals surface area contributed by atoms with E-state index in [1.165, 1.54) is 0 Å². The minimum atomic E-state index is 0.585. The maximum absolute atomic E-state index is 5.98. The summed E-state index contributed by atoms with van der Waals surface area (Å²) in [5.74, 6) is 2.30. The molecule has 0 fully saturated rings. The van der Waals surface area contributed by atoms with Crippen LogP contribution in [-0.2, 0) is 13.6 Å². The van der Waals surface area contributed by atoms with Crippen LogP contribution in [0.15, 0.2) is 65.5 Å². The fourth-order valence-corrected chi connectivity index (χ4v) is 3.35. The molecule has 0 spiro atoms. The summed E-state index contributed by atoms with van der Waals surface area (Å²) in [6, 6.07) is 13.9. The molecule has 7 heteroatoms. The second kappa shape index (κ2) is 6.45. The number of fused-ring (bicyclic) bond motifs is 2. The Balaban J connectivity index is 1.58. The molecule has 0 amide bonds. The molecule has 0 unspecified atom stereocenters. The molecule has 4 heterocycles. The zero-order valence-corrected chi connectivity index (χ0v) is 15.6. The molecule has 28 heavy (non-hydrogen) atoms. The molecule has 0 aliphatic carbocycles. The zero-order chi connectivity index (χ0) is 19.1. The molecule has 0 N–H and O–H groups in total. The molecule has 0 bridgehead atoms. The van der Waals surface area contributed by atoms with Crippen LogP contribution in [0.4, 0.5) is 5.82 Å². The quantitative estimate of drug-likeness (QED) is 0.479. The van der Waals surface area contributed by atoms with Crippen LogP contribution in [0.1, 0.15) is 5.76 Å². The Labute approximate surface area is 161 Å². The highest BCUT2D eigenvalue weighted by molar-refractivity contribution is 5.88. The van der Waals surface area contributed by atoms with Crippen LogP contribution in [0.2, 0.25) is 0 Å². The van der Waals surface area contributed by atoms with Gasteiger partial charge in [0.2, 0.25) is 0 Å². The minimum Gasteiger partial charge on any atom is -0.459 e. The van der Waals surface area contributed by atoms with E-state index >= 15 is 0 Å². The monoisotopic (exact) mass is 370 g/mol. The number of aryl methyl sites for hydroxylation is 1. The number of benzene rings is 1. The van der Waals surface area contributed by atoms with E-state index in [0.29, 0.717) is 12.4 Å². The summed E-state index contributed by atoms with van der Waals surface area (Å²) in [6.07, 6.45) is 5.30. The number of pyridine rings is 1. The Kier molecular flexibility index (Phi) is 3.79. The van der Waals surface area contributed by atoms with Crippen molar-refractivity contribution in [2.24, 2.45) is 7.05 Å². The molecule has 0 atom stereocenters. The summed E-state index contributed by atoms with van der Waals surface area (Å²) in [5, 5.41) is 6.35. The van der Waals surface area contributed by atoms with Crippen LogP contribution in [0.25, 0.3) is 33.4 Å². The Hall–Kier alpha value is -3.74. The molecule has 0 aliphatic rings. The number of nitrogens with zero attached hydrogens (tertiary/aromatic N) is 6. The molecule has 0 saturated heterocycles. The number of rotatable bonds is 4. The van der Waals surface area contributed by atoms with Gasteiger partial charge < -0.3 is 9.32 Å². The summed E-state index contributed by atoms with van der Waals surface area (Å²) >= 11 is 0. The topological polar surface area (TPSA) is 72.9 Å². The molecule has 4 aromatic heterocycles. The van der Waals surface area contributed by atoms with Gasteiger partial charge in [0, 0.05) is 37.4 Å². The van der Waals surface area contributed by atoms with Gasteiger partial charge in [-0.05, 0) is 24.3 Å². The van der Waals surface area contributed by atoms with E-state index < -0.39 is 0 Å². The summed E-state index contributed by atoms with van der Waals surface area (Å²) in [4.78, 5) is 15.7. The van der Waals surface area contributed by atoms with E-state index in [1.807, 2.05) is 50.5 Å². The maximum Gasteiger partial charge on any atom is 0.165 e. The third-order valence-electron chi connectivity index (χ3n) is 4.72. The number of hydrogen-bond acceptors (Lipinski definition) is 6. The maximum atomic E-state index is 5.98. The fourth-order valence-electron chi connectivity index (χ4n) is 3.35. The minimum absolute atomic E-state index is 0.585. The Bertz CT molecular complexity index is 1240. The average molecular weight is 370 g/mol. The molecule has 0 radical (unpaired) electrons. The van der Waals surface area contributed by atoms with E-state index in [4.69, 9.17) is 9.40 Å². The van der Waals surface area contributed by atoms with Gasteiger partial charge in [-0.3, -0.25) is 9.67 Å². The number of hydrogen-bond donors (Lipinski definition) is 0. The van der Waals surface area contributed by atoms with Crippen LogP contribution < -0.4 is 4.90 Å². The van der Waals surface area contributed by atoms with Crippen molar-refractivity contribution in [3.8, 4) is 11.4 Å². The first-order valence-corrected chi connectivity index (χ1v) is 8.98. The first-order chi connectivity index (χ1) is 13.7. The van der Waals surface area contributed by atoms with Crippen molar-refractivity contribution in [2.45, 2.75) is 6.54 Å². The largest absolute Gasteiger partial charge is 0.459 e. The Morgan fingerprint density at radius 1 is 1.07 bits per heavy atom. The molecule has 1 aromatic carbocycles.